The molecule has 0 aromatic heterocycles. The molecule has 1 atom stereocenters. The van der Waals surface area contributed by atoms with Crippen LogP contribution in [0.25, 0.3) is 0 Å². The first-order valence-corrected chi connectivity index (χ1v) is 5.44. The Bertz CT molecular complexity index is 412. The van der Waals surface area contributed by atoms with Gasteiger partial charge in [0.1, 0.15) is 5.75 Å². The number of anilines is 1. The van der Waals surface area contributed by atoms with Gasteiger partial charge in [0.05, 0.1) is 24.8 Å². The van der Waals surface area contributed by atoms with Gasteiger partial charge in [-0.15, -0.1) is 0 Å². The van der Waals surface area contributed by atoms with Crippen LogP contribution < -0.4 is 10.1 Å². The van der Waals surface area contributed by atoms with Crippen LogP contribution in [0.1, 0.15) is 12.5 Å². The molecule has 0 aliphatic heterocycles. The first-order valence-electron chi connectivity index (χ1n) is 5.06. The molecule has 0 radical (unpaired) electrons. The fourth-order valence-electron chi connectivity index (χ4n) is 1.28. The number of methoxy groups -OCH3 is 1. The van der Waals surface area contributed by atoms with Gasteiger partial charge in [-0.3, -0.25) is 0 Å². The van der Waals surface area contributed by atoms with Gasteiger partial charge in [-0.25, -0.2) is 0 Å². The number of rotatable bonds is 4. The molecule has 1 rings (SSSR count). The summed E-state index contributed by atoms with van der Waals surface area (Å²) in [6.07, 6.45) is 0. The van der Waals surface area contributed by atoms with Crippen molar-refractivity contribution in [1.29, 1.82) is 5.26 Å². The number of halogens is 1. The average molecular weight is 239 g/mol. The van der Waals surface area contributed by atoms with Gasteiger partial charge < -0.3 is 10.1 Å². The largest absolute Gasteiger partial charge is 0.495 e. The van der Waals surface area contributed by atoms with Crippen LogP contribution in [0.2, 0.25) is 5.02 Å². The zero-order chi connectivity index (χ0) is 12.1. The molecule has 0 fully saturated rings. The number of hydrogen-bond acceptors (Lipinski definition) is 3. The molecule has 1 unspecified atom stereocenters. The fourth-order valence-corrected chi connectivity index (χ4v) is 1.43. The standard InChI is InChI=1S/C12H15ClN2O/c1-8(6-14)7-15-11-4-9(2)10(13)5-12(11)16-3/h4-5,8,15H,7H2,1-3H3. The van der Waals surface area contributed by atoms with Gasteiger partial charge in [0.2, 0.25) is 0 Å². The maximum absolute atomic E-state index is 8.70. The summed E-state index contributed by atoms with van der Waals surface area (Å²) in [5.74, 6) is 0.654. The highest BCUT2D eigenvalue weighted by Gasteiger charge is 2.07. The average Bonchev–Trinajstić information content (AvgIpc) is 2.29. The van der Waals surface area contributed by atoms with Crippen LogP contribution in [0.3, 0.4) is 0 Å². The van der Waals surface area contributed by atoms with E-state index in [2.05, 4.69) is 11.4 Å². The van der Waals surface area contributed by atoms with Gasteiger partial charge in [0.25, 0.3) is 0 Å². The van der Waals surface area contributed by atoms with E-state index in [1.54, 1.807) is 13.2 Å². The minimum atomic E-state index is -0.0410. The summed E-state index contributed by atoms with van der Waals surface area (Å²) in [4.78, 5) is 0. The molecule has 0 amide bonds. The molecule has 0 aliphatic rings. The first-order chi connectivity index (χ1) is 7.58. The Morgan fingerprint density at radius 2 is 2.25 bits per heavy atom. The van der Waals surface area contributed by atoms with Gasteiger partial charge in [-0.2, -0.15) is 5.26 Å². The SMILES string of the molecule is COc1cc(Cl)c(C)cc1NCC(C)C#N. The van der Waals surface area contributed by atoms with Crippen LogP contribution in [-0.2, 0) is 0 Å². The van der Waals surface area contributed by atoms with Gasteiger partial charge >= 0.3 is 0 Å². The van der Waals surface area contributed by atoms with Gasteiger partial charge in [-0.05, 0) is 25.5 Å². The molecule has 4 heteroatoms. The Morgan fingerprint density at radius 3 is 2.81 bits per heavy atom. The highest BCUT2D eigenvalue weighted by Crippen LogP contribution is 2.30. The van der Waals surface area contributed by atoms with Crippen molar-refractivity contribution in [3.05, 3.63) is 22.7 Å². The number of nitrogens with one attached hydrogen (secondary N) is 1. The maximum atomic E-state index is 8.70. The zero-order valence-corrected chi connectivity index (χ0v) is 10.4. The monoisotopic (exact) mass is 238 g/mol. The molecular weight excluding hydrogens is 224 g/mol. The Kier molecular flexibility index (Phi) is 4.45. The Morgan fingerprint density at radius 1 is 1.56 bits per heavy atom. The zero-order valence-electron chi connectivity index (χ0n) is 9.67. The molecule has 86 valence electrons. The number of ether oxygens (including phenoxy) is 1. The second-order valence-corrected chi connectivity index (χ2v) is 4.12. The topological polar surface area (TPSA) is 45.0 Å². The van der Waals surface area contributed by atoms with Crippen molar-refractivity contribution in [2.24, 2.45) is 5.92 Å². The summed E-state index contributed by atoms with van der Waals surface area (Å²) in [5.41, 5.74) is 1.85. The fraction of sp³-hybridized carbons (Fsp3) is 0.417. The van der Waals surface area contributed by atoms with Crippen LogP contribution in [0.15, 0.2) is 12.1 Å². The van der Waals surface area contributed by atoms with Crippen molar-refractivity contribution >= 4 is 17.3 Å². The number of benzene rings is 1. The van der Waals surface area contributed by atoms with Crippen molar-refractivity contribution in [2.45, 2.75) is 13.8 Å². The summed E-state index contributed by atoms with van der Waals surface area (Å²) >= 11 is 5.99. The van der Waals surface area contributed by atoms with E-state index in [4.69, 9.17) is 21.6 Å². The van der Waals surface area contributed by atoms with E-state index >= 15 is 0 Å². The van der Waals surface area contributed by atoms with Crippen LogP contribution in [0.5, 0.6) is 5.75 Å². The van der Waals surface area contributed by atoms with E-state index in [1.807, 2.05) is 19.9 Å². The molecular formula is C12H15ClN2O. The van der Waals surface area contributed by atoms with Crippen LogP contribution in [0, 0.1) is 24.2 Å². The molecule has 3 nitrogen and oxygen atoms in total. The van der Waals surface area contributed by atoms with Gasteiger partial charge in [0.15, 0.2) is 0 Å². The minimum absolute atomic E-state index is 0.0410. The lowest BCUT2D eigenvalue weighted by Gasteiger charge is -2.13. The third-order valence-corrected chi connectivity index (χ3v) is 2.71. The first kappa shape index (κ1) is 12.7. The lowest BCUT2D eigenvalue weighted by molar-refractivity contribution is 0.416. The van der Waals surface area contributed by atoms with Crippen molar-refractivity contribution in [2.75, 3.05) is 19.0 Å². The molecule has 1 N–H and O–H groups in total. The number of nitrogens with zero attached hydrogens (tertiary/aromatic N) is 1. The van der Waals surface area contributed by atoms with E-state index in [0.717, 1.165) is 11.3 Å². The van der Waals surface area contributed by atoms with E-state index in [1.165, 1.54) is 0 Å². The van der Waals surface area contributed by atoms with Crippen molar-refractivity contribution in [3.63, 3.8) is 0 Å². The van der Waals surface area contributed by atoms with E-state index in [-0.39, 0.29) is 5.92 Å². The molecule has 0 saturated heterocycles. The molecule has 16 heavy (non-hydrogen) atoms. The van der Waals surface area contributed by atoms with E-state index in [9.17, 15) is 0 Å². The van der Waals surface area contributed by atoms with Crippen molar-refractivity contribution in [3.8, 4) is 11.8 Å². The quantitative estimate of drug-likeness (QED) is 0.876. The molecule has 0 spiro atoms. The number of nitriles is 1. The molecule has 0 heterocycles. The second kappa shape index (κ2) is 5.62. The summed E-state index contributed by atoms with van der Waals surface area (Å²) in [5, 5.41) is 12.5. The highest BCUT2D eigenvalue weighted by molar-refractivity contribution is 6.31. The Hall–Kier alpha value is -1.40. The van der Waals surface area contributed by atoms with E-state index in [0.29, 0.717) is 17.3 Å². The number of hydrogen-bond donors (Lipinski definition) is 1. The predicted octanol–water partition coefficient (Wildman–Crippen LogP) is 3.23. The summed E-state index contributed by atoms with van der Waals surface area (Å²) in [6.45, 7) is 4.39. The van der Waals surface area contributed by atoms with E-state index < -0.39 is 0 Å². The third kappa shape index (κ3) is 3.04. The maximum Gasteiger partial charge on any atom is 0.143 e. The lowest BCUT2D eigenvalue weighted by Crippen LogP contribution is -2.10. The van der Waals surface area contributed by atoms with Crippen molar-refractivity contribution < 1.29 is 4.74 Å². The summed E-state index contributed by atoms with van der Waals surface area (Å²) < 4.78 is 5.22. The lowest BCUT2D eigenvalue weighted by atomic mass is 10.1. The van der Waals surface area contributed by atoms with Crippen molar-refractivity contribution in [1.82, 2.24) is 0 Å². The third-order valence-electron chi connectivity index (χ3n) is 2.30. The Labute approximate surface area is 101 Å². The molecule has 1 aromatic carbocycles. The van der Waals surface area contributed by atoms with Crippen LogP contribution in [-0.4, -0.2) is 13.7 Å². The van der Waals surface area contributed by atoms with Crippen LogP contribution in [0.4, 0.5) is 5.69 Å². The second-order valence-electron chi connectivity index (χ2n) is 3.71. The Balaban J connectivity index is 2.87. The van der Waals surface area contributed by atoms with Gasteiger partial charge in [-0.1, -0.05) is 11.6 Å². The normalized spacial score (nSPS) is 11.7. The highest BCUT2D eigenvalue weighted by atomic mass is 35.5. The smallest absolute Gasteiger partial charge is 0.143 e. The van der Waals surface area contributed by atoms with Crippen LogP contribution >= 0.6 is 11.6 Å². The number of aryl methyl sites for hydroxylation is 1. The molecule has 0 bridgehead atoms. The summed E-state index contributed by atoms with van der Waals surface area (Å²) in [6, 6.07) is 5.87. The minimum Gasteiger partial charge on any atom is -0.495 e. The molecule has 0 aliphatic carbocycles. The molecule has 0 saturated carbocycles. The molecule has 1 aromatic rings. The van der Waals surface area contributed by atoms with Gasteiger partial charge in [0, 0.05) is 17.6 Å². The predicted molar refractivity (Wildman–Crippen MR) is 66.0 cm³/mol. The summed E-state index contributed by atoms with van der Waals surface area (Å²) in [7, 11) is 1.60.